The summed E-state index contributed by atoms with van der Waals surface area (Å²) in [5.74, 6) is -0.367. The van der Waals surface area contributed by atoms with Gasteiger partial charge in [-0.15, -0.1) is 0 Å². The number of hydrogen-bond donors (Lipinski definition) is 3. The number of anilines is 1. The second kappa shape index (κ2) is 9.48. The van der Waals surface area contributed by atoms with Crippen LogP contribution in [0.4, 0.5) is 14.5 Å². The lowest BCUT2D eigenvalue weighted by atomic mass is 9.73. The number of piperidine rings is 1. The highest BCUT2D eigenvalue weighted by Gasteiger charge is 2.47. The monoisotopic (exact) mass is 458 g/mol. The van der Waals surface area contributed by atoms with Gasteiger partial charge in [0.15, 0.2) is 0 Å². The lowest BCUT2D eigenvalue weighted by Gasteiger charge is -2.34. The predicted molar refractivity (Wildman–Crippen MR) is 122 cm³/mol. The van der Waals surface area contributed by atoms with Crippen LogP contribution in [0.3, 0.4) is 0 Å². The highest BCUT2D eigenvalue weighted by atomic mass is 19.1. The van der Waals surface area contributed by atoms with Crippen LogP contribution >= 0.6 is 0 Å². The number of rotatable bonds is 5. The molecule has 5 rings (SSSR count). The van der Waals surface area contributed by atoms with E-state index in [4.69, 9.17) is 0 Å². The number of benzene rings is 1. The number of nitrogens with one attached hydrogen (secondary N) is 3. The predicted octanol–water partition coefficient (Wildman–Crippen LogP) is 2.67. The Bertz CT molecular complexity index is 958. The quantitative estimate of drug-likeness (QED) is 0.643. The summed E-state index contributed by atoms with van der Waals surface area (Å²) in [6.07, 6.45) is 4.12. The van der Waals surface area contributed by atoms with Crippen molar-refractivity contribution in [3.8, 4) is 0 Å². The van der Waals surface area contributed by atoms with Crippen LogP contribution in [0.2, 0.25) is 0 Å². The van der Waals surface area contributed by atoms with Crippen LogP contribution in [-0.2, 0) is 18.4 Å². The van der Waals surface area contributed by atoms with Crippen LogP contribution in [0.25, 0.3) is 0 Å². The van der Waals surface area contributed by atoms with Gasteiger partial charge in [-0.25, -0.2) is 14.2 Å². The Morgan fingerprint density at radius 3 is 2.61 bits per heavy atom. The number of alkyl halides is 2. The first-order chi connectivity index (χ1) is 16.0. The number of halogens is 2. The lowest BCUT2D eigenvalue weighted by molar-refractivity contribution is -0.119. The Morgan fingerprint density at radius 2 is 1.91 bits per heavy atom. The fourth-order valence-electron chi connectivity index (χ4n) is 5.49. The van der Waals surface area contributed by atoms with Crippen molar-refractivity contribution in [3.63, 3.8) is 0 Å². The molecule has 3 N–H and O–H groups in total. The summed E-state index contributed by atoms with van der Waals surface area (Å²) in [6, 6.07) is 7.33. The first-order valence-electron chi connectivity index (χ1n) is 11.9. The molecular weight excluding hydrogens is 426 g/mol. The van der Waals surface area contributed by atoms with E-state index in [1.807, 2.05) is 37.5 Å². The van der Waals surface area contributed by atoms with E-state index < -0.39 is 18.4 Å². The molecule has 178 valence electrons. The minimum Gasteiger partial charge on any atom is -0.325 e. The molecule has 3 aliphatic rings. The second-order valence-electron chi connectivity index (χ2n) is 9.71. The Morgan fingerprint density at radius 1 is 1.15 bits per heavy atom. The largest absolute Gasteiger partial charge is 0.325 e. The molecule has 5 unspecified atom stereocenters. The van der Waals surface area contributed by atoms with Gasteiger partial charge in [0.05, 0.1) is 6.20 Å². The van der Waals surface area contributed by atoms with Crippen molar-refractivity contribution in [2.75, 3.05) is 18.4 Å². The third-order valence-corrected chi connectivity index (χ3v) is 7.39. The summed E-state index contributed by atoms with van der Waals surface area (Å²) in [4.78, 5) is 15.3. The molecule has 0 radical (unpaired) electrons. The molecule has 3 fully saturated rings. The summed E-state index contributed by atoms with van der Waals surface area (Å²) in [5, 5.41) is 7.20. The molecule has 1 amide bonds. The summed E-state index contributed by atoms with van der Waals surface area (Å²) in [5.41, 5.74) is 9.01. The van der Waals surface area contributed by atoms with Gasteiger partial charge in [0.1, 0.15) is 18.4 Å². The molecule has 2 saturated heterocycles. The van der Waals surface area contributed by atoms with Gasteiger partial charge in [0.25, 0.3) is 0 Å². The highest BCUT2D eigenvalue weighted by Crippen LogP contribution is 2.41. The zero-order valence-corrected chi connectivity index (χ0v) is 18.9. The van der Waals surface area contributed by atoms with Gasteiger partial charge in [-0.05, 0) is 48.9 Å². The Kier molecular flexibility index (Phi) is 6.44. The van der Waals surface area contributed by atoms with Gasteiger partial charge >= 0.3 is 0 Å². The summed E-state index contributed by atoms with van der Waals surface area (Å²) in [6.45, 7) is 2.35. The minimum absolute atomic E-state index is 0.0000822. The maximum Gasteiger partial charge on any atom is 0.243 e. The van der Waals surface area contributed by atoms with Crippen molar-refractivity contribution >= 4 is 11.6 Å². The number of hydrogen-bond acceptors (Lipinski definition) is 5. The smallest absolute Gasteiger partial charge is 0.243 e. The number of carbonyl (C=O) groups excluding carboxylic acids is 1. The van der Waals surface area contributed by atoms with E-state index in [1.54, 1.807) is 10.9 Å². The third-order valence-electron chi connectivity index (χ3n) is 7.39. The normalized spacial score (nSPS) is 30.8. The number of aromatic nitrogens is 2. The topological polar surface area (TPSA) is 74.2 Å². The first-order valence-corrected chi connectivity index (χ1v) is 11.9. The van der Waals surface area contributed by atoms with E-state index in [0.29, 0.717) is 25.7 Å². The number of fused-ring (bicyclic) bond motifs is 1. The highest BCUT2D eigenvalue weighted by molar-refractivity contribution is 5.95. The zero-order valence-electron chi connectivity index (χ0n) is 18.9. The Labute approximate surface area is 192 Å². The Balaban J connectivity index is 1.19. The van der Waals surface area contributed by atoms with Crippen molar-refractivity contribution in [2.24, 2.45) is 13.0 Å². The van der Waals surface area contributed by atoms with Crippen LogP contribution in [0.15, 0.2) is 36.7 Å². The van der Waals surface area contributed by atoms with Crippen LogP contribution in [-0.4, -0.2) is 58.1 Å². The average molecular weight is 459 g/mol. The zero-order chi connectivity index (χ0) is 22.9. The molecule has 1 aliphatic carbocycles. The molecular formula is C24H32F2N6O. The number of nitrogens with zero attached hydrogens (tertiary/aromatic N) is 3. The molecule has 9 heteroatoms. The van der Waals surface area contributed by atoms with E-state index in [-0.39, 0.29) is 23.8 Å². The fourth-order valence-corrected chi connectivity index (χ4v) is 5.49. The van der Waals surface area contributed by atoms with Crippen molar-refractivity contribution in [1.82, 2.24) is 25.5 Å². The summed E-state index contributed by atoms with van der Waals surface area (Å²) >= 11 is 0. The standard InChI is InChI=1S/C24H32F2N6O/c1-31-14-16(12-27-31)19-10-20-22(11-21(19)26)29-30-23(20)24(33)28-18-4-2-15(3-5-18)13-32-8-6-17(25)7-9-32/h2-5,12,14,17,19-23,29-30H,6-11,13H2,1H3,(H,28,33). The number of hydrazine groups is 1. The molecule has 7 nitrogen and oxygen atoms in total. The number of likely N-dealkylation sites (tertiary alicyclic amines) is 1. The van der Waals surface area contributed by atoms with Gasteiger partial charge in [-0.1, -0.05) is 12.1 Å². The van der Waals surface area contributed by atoms with E-state index in [2.05, 4.69) is 26.2 Å². The molecule has 1 aromatic heterocycles. The van der Waals surface area contributed by atoms with Crippen LogP contribution in [0.1, 0.15) is 42.7 Å². The molecule has 1 aromatic carbocycles. The maximum absolute atomic E-state index is 14.9. The lowest BCUT2D eigenvalue weighted by Crippen LogP contribution is -2.43. The molecule has 33 heavy (non-hydrogen) atoms. The van der Waals surface area contributed by atoms with Crippen LogP contribution < -0.4 is 16.2 Å². The van der Waals surface area contributed by atoms with Crippen molar-refractivity contribution in [2.45, 2.75) is 62.6 Å². The van der Waals surface area contributed by atoms with Crippen LogP contribution in [0, 0.1) is 5.92 Å². The van der Waals surface area contributed by atoms with Crippen molar-refractivity contribution < 1.29 is 13.6 Å². The van der Waals surface area contributed by atoms with E-state index in [1.165, 1.54) is 0 Å². The third kappa shape index (κ3) is 4.95. The number of aryl methyl sites for hydroxylation is 1. The molecule has 0 bridgehead atoms. The van der Waals surface area contributed by atoms with Crippen LogP contribution in [0.5, 0.6) is 0 Å². The molecule has 3 heterocycles. The fraction of sp³-hybridized carbons (Fsp3) is 0.583. The molecule has 2 aliphatic heterocycles. The summed E-state index contributed by atoms with van der Waals surface area (Å²) in [7, 11) is 1.83. The SMILES string of the molecule is Cn1cc(C2CC3C(CC2F)NNC3C(=O)Nc2ccc(CN3CCC(F)CC3)cc2)cn1. The Hall–Kier alpha value is -2.36. The van der Waals surface area contributed by atoms with E-state index in [9.17, 15) is 13.6 Å². The molecule has 5 atom stereocenters. The average Bonchev–Trinajstić information content (AvgIpc) is 3.42. The van der Waals surface area contributed by atoms with Crippen molar-refractivity contribution in [1.29, 1.82) is 0 Å². The van der Waals surface area contributed by atoms with Gasteiger partial charge in [-0.2, -0.15) is 5.10 Å². The number of amides is 1. The summed E-state index contributed by atoms with van der Waals surface area (Å²) < 4.78 is 29.9. The van der Waals surface area contributed by atoms with Crippen molar-refractivity contribution in [3.05, 3.63) is 47.8 Å². The maximum atomic E-state index is 14.9. The van der Waals surface area contributed by atoms with Gasteiger partial charge in [0.2, 0.25) is 5.91 Å². The van der Waals surface area contributed by atoms with Gasteiger partial charge < -0.3 is 5.32 Å². The van der Waals surface area contributed by atoms with E-state index in [0.717, 1.165) is 36.4 Å². The van der Waals surface area contributed by atoms with E-state index >= 15 is 0 Å². The number of carbonyl (C=O) groups is 1. The first kappa shape index (κ1) is 22.4. The second-order valence-corrected chi connectivity index (χ2v) is 9.71. The molecule has 2 aromatic rings. The van der Waals surface area contributed by atoms with Gasteiger partial charge in [0, 0.05) is 56.4 Å². The van der Waals surface area contributed by atoms with Gasteiger partial charge in [-0.3, -0.25) is 19.8 Å². The molecule has 0 spiro atoms. The molecule has 1 saturated carbocycles. The minimum atomic E-state index is -0.963.